The van der Waals surface area contributed by atoms with Crippen molar-refractivity contribution in [1.29, 1.82) is 0 Å². The molecule has 1 rings (SSSR count). The maximum Gasteiger partial charge on any atom is 0.115 e. The molecule has 1 aromatic heterocycles. The lowest BCUT2D eigenvalue weighted by Crippen LogP contribution is -1.94. The minimum absolute atomic E-state index is 0.525. The van der Waals surface area contributed by atoms with Crippen LogP contribution in [0.3, 0.4) is 0 Å². The first-order valence-electron chi connectivity index (χ1n) is 3.15. The average molecular weight is 135 g/mol. The summed E-state index contributed by atoms with van der Waals surface area (Å²) in [5.41, 5.74) is 1.01. The molecule has 0 aliphatic rings. The van der Waals surface area contributed by atoms with E-state index in [0.29, 0.717) is 6.61 Å². The van der Waals surface area contributed by atoms with Crippen LogP contribution in [0, 0.1) is 7.11 Å². The van der Waals surface area contributed by atoms with Crippen LogP contribution < -0.4 is 0 Å². The zero-order valence-corrected chi connectivity index (χ0v) is 5.66. The molecule has 0 aliphatic carbocycles. The normalized spacial score (nSPS) is 9.70. The van der Waals surface area contributed by atoms with Crippen molar-refractivity contribution in [2.45, 2.75) is 6.42 Å². The lowest BCUT2D eigenvalue weighted by Gasteiger charge is -1.96. The summed E-state index contributed by atoms with van der Waals surface area (Å²) in [4.78, 5) is 4.08. The Balaban J connectivity index is 2.43. The Bertz CT molecular complexity index is 174. The highest BCUT2D eigenvalue weighted by Crippen LogP contribution is 1.93. The smallest absolute Gasteiger partial charge is 0.115 e. The van der Waals surface area contributed by atoms with Gasteiger partial charge in [0.1, 0.15) is 7.11 Å². The van der Waals surface area contributed by atoms with Gasteiger partial charge in [-0.05, 0) is 12.1 Å². The molecular formula is C8H9NO. The number of pyridine rings is 1. The first-order valence-corrected chi connectivity index (χ1v) is 3.15. The Labute approximate surface area is 60.9 Å². The van der Waals surface area contributed by atoms with Crippen molar-refractivity contribution in [1.82, 2.24) is 4.98 Å². The molecule has 52 valence electrons. The number of nitrogens with zero attached hydrogens (tertiary/aromatic N) is 1. The van der Waals surface area contributed by atoms with Gasteiger partial charge >= 0.3 is 0 Å². The monoisotopic (exact) mass is 135 g/mol. The summed E-state index contributed by atoms with van der Waals surface area (Å²) in [7, 11) is 4.85. The molecule has 0 bridgehead atoms. The molecule has 0 N–H and O–H groups in total. The van der Waals surface area contributed by atoms with E-state index in [-0.39, 0.29) is 0 Å². The van der Waals surface area contributed by atoms with Crippen molar-refractivity contribution in [3.63, 3.8) is 0 Å². The van der Waals surface area contributed by atoms with Crippen LogP contribution in [0.5, 0.6) is 0 Å². The fourth-order valence-corrected chi connectivity index (χ4v) is 0.710. The van der Waals surface area contributed by atoms with Gasteiger partial charge < -0.3 is 4.74 Å². The van der Waals surface area contributed by atoms with E-state index in [0.717, 1.165) is 12.1 Å². The van der Waals surface area contributed by atoms with Gasteiger partial charge in [0.2, 0.25) is 0 Å². The predicted octanol–water partition coefficient (Wildman–Crippen LogP) is 1.31. The molecule has 0 aliphatic heterocycles. The van der Waals surface area contributed by atoms with Gasteiger partial charge in [0.15, 0.2) is 0 Å². The second-order valence-corrected chi connectivity index (χ2v) is 1.94. The quantitative estimate of drug-likeness (QED) is 0.623. The highest BCUT2D eigenvalue weighted by atomic mass is 16.5. The Morgan fingerprint density at radius 3 is 3.00 bits per heavy atom. The molecule has 0 unspecified atom stereocenters. The van der Waals surface area contributed by atoms with Crippen molar-refractivity contribution in [2.24, 2.45) is 0 Å². The number of ether oxygens (including phenoxy) is 1. The lowest BCUT2D eigenvalue weighted by atomic mass is 10.3. The SMILES string of the molecule is [CH]OCCc1ccccn1. The molecule has 0 saturated carbocycles. The maximum absolute atomic E-state index is 4.85. The Hall–Kier alpha value is -0.890. The van der Waals surface area contributed by atoms with Crippen LogP contribution in [0.25, 0.3) is 0 Å². The Morgan fingerprint density at radius 1 is 1.50 bits per heavy atom. The zero-order chi connectivity index (χ0) is 7.23. The molecule has 0 saturated heterocycles. The van der Waals surface area contributed by atoms with Crippen molar-refractivity contribution >= 4 is 0 Å². The fourth-order valence-electron chi connectivity index (χ4n) is 0.710. The van der Waals surface area contributed by atoms with E-state index in [1.807, 2.05) is 18.2 Å². The molecule has 2 radical (unpaired) electrons. The number of hydrogen-bond donors (Lipinski definition) is 0. The van der Waals surface area contributed by atoms with E-state index in [1.54, 1.807) is 6.20 Å². The predicted molar refractivity (Wildman–Crippen MR) is 38.2 cm³/mol. The first kappa shape index (κ1) is 7.22. The highest BCUT2D eigenvalue weighted by molar-refractivity contribution is 5.03. The highest BCUT2D eigenvalue weighted by Gasteiger charge is 1.89. The van der Waals surface area contributed by atoms with E-state index >= 15 is 0 Å². The lowest BCUT2D eigenvalue weighted by molar-refractivity contribution is 0.245. The molecule has 0 spiro atoms. The van der Waals surface area contributed by atoms with Crippen molar-refractivity contribution < 1.29 is 4.74 Å². The molecule has 0 atom stereocenters. The third-order valence-electron chi connectivity index (χ3n) is 1.20. The Morgan fingerprint density at radius 2 is 2.40 bits per heavy atom. The second-order valence-electron chi connectivity index (χ2n) is 1.94. The standard InChI is InChI=1S/C8H9NO/c1-10-7-5-8-4-2-3-6-9-8/h1-4,6H,5,7H2. The second kappa shape index (κ2) is 4.01. The van der Waals surface area contributed by atoms with E-state index < -0.39 is 0 Å². The molecule has 1 heterocycles. The van der Waals surface area contributed by atoms with Crippen LogP contribution in [-0.2, 0) is 11.2 Å². The summed E-state index contributed by atoms with van der Waals surface area (Å²) in [6.07, 6.45) is 2.53. The van der Waals surface area contributed by atoms with Crippen LogP contribution in [0.2, 0.25) is 0 Å². The van der Waals surface area contributed by atoms with Gasteiger partial charge in [-0.15, -0.1) is 0 Å². The van der Waals surface area contributed by atoms with Crippen molar-refractivity contribution in [3.8, 4) is 0 Å². The van der Waals surface area contributed by atoms with Crippen molar-refractivity contribution in [2.75, 3.05) is 6.61 Å². The number of hydrogen-bond acceptors (Lipinski definition) is 2. The Kier molecular flexibility index (Phi) is 2.90. The van der Waals surface area contributed by atoms with Crippen LogP contribution in [0.1, 0.15) is 5.69 Å². The van der Waals surface area contributed by atoms with Crippen LogP contribution in [0.4, 0.5) is 0 Å². The van der Waals surface area contributed by atoms with E-state index in [4.69, 9.17) is 7.11 Å². The molecule has 0 amide bonds. The first-order chi connectivity index (χ1) is 4.93. The summed E-state index contributed by atoms with van der Waals surface area (Å²) in [5.74, 6) is 0. The summed E-state index contributed by atoms with van der Waals surface area (Å²) >= 11 is 0. The zero-order valence-electron chi connectivity index (χ0n) is 5.66. The van der Waals surface area contributed by atoms with Gasteiger partial charge in [-0.1, -0.05) is 6.07 Å². The fraction of sp³-hybridized carbons (Fsp3) is 0.250. The molecule has 10 heavy (non-hydrogen) atoms. The van der Waals surface area contributed by atoms with Crippen molar-refractivity contribution in [3.05, 3.63) is 37.2 Å². The molecule has 2 heteroatoms. The van der Waals surface area contributed by atoms with Gasteiger partial charge in [0, 0.05) is 18.3 Å². The van der Waals surface area contributed by atoms with Gasteiger partial charge in [-0.2, -0.15) is 0 Å². The third kappa shape index (κ3) is 2.15. The van der Waals surface area contributed by atoms with E-state index in [9.17, 15) is 0 Å². The number of aromatic nitrogens is 1. The van der Waals surface area contributed by atoms with Crippen LogP contribution in [-0.4, -0.2) is 11.6 Å². The molecule has 1 aromatic rings. The molecule has 0 aromatic carbocycles. The minimum Gasteiger partial charge on any atom is -0.372 e. The van der Waals surface area contributed by atoms with Gasteiger partial charge in [-0.25, -0.2) is 0 Å². The summed E-state index contributed by atoms with van der Waals surface area (Å²) < 4.78 is 4.41. The summed E-state index contributed by atoms with van der Waals surface area (Å²) in [5, 5.41) is 0. The van der Waals surface area contributed by atoms with E-state index in [2.05, 4.69) is 9.72 Å². The minimum atomic E-state index is 0.525. The topological polar surface area (TPSA) is 22.1 Å². The average Bonchev–Trinajstić information content (AvgIpc) is 2.03. The molecule has 0 fully saturated rings. The largest absolute Gasteiger partial charge is 0.372 e. The maximum atomic E-state index is 4.85. The molecular weight excluding hydrogens is 126 g/mol. The van der Waals surface area contributed by atoms with Gasteiger partial charge in [0.05, 0.1) is 6.61 Å². The third-order valence-corrected chi connectivity index (χ3v) is 1.20. The molecule has 2 nitrogen and oxygen atoms in total. The van der Waals surface area contributed by atoms with Crippen LogP contribution >= 0.6 is 0 Å². The number of rotatable bonds is 3. The summed E-state index contributed by atoms with van der Waals surface area (Å²) in [6.45, 7) is 0.525. The van der Waals surface area contributed by atoms with Gasteiger partial charge in [-0.3, -0.25) is 4.98 Å². The summed E-state index contributed by atoms with van der Waals surface area (Å²) in [6, 6.07) is 5.77. The van der Waals surface area contributed by atoms with Crippen LogP contribution in [0.15, 0.2) is 24.4 Å². The van der Waals surface area contributed by atoms with E-state index in [1.165, 1.54) is 0 Å². The van der Waals surface area contributed by atoms with Gasteiger partial charge in [0.25, 0.3) is 0 Å².